The van der Waals surface area contributed by atoms with E-state index in [1.54, 1.807) is 18.5 Å². The molecule has 3 atom stereocenters. The van der Waals surface area contributed by atoms with Crippen molar-refractivity contribution in [1.82, 2.24) is 15.3 Å². The molecule has 2 aromatic carbocycles. The van der Waals surface area contributed by atoms with E-state index in [0.29, 0.717) is 37.5 Å². The number of alkyl halides is 6. The summed E-state index contributed by atoms with van der Waals surface area (Å²) in [5.41, 5.74) is -2.69. The number of hydrogen-bond acceptors (Lipinski definition) is 5. The average molecular weight is 525 g/mol. The van der Waals surface area contributed by atoms with Crippen molar-refractivity contribution in [3.8, 4) is 0 Å². The number of aromatic nitrogens is 2. The fraction of sp³-hybridized carbons (Fsp3) is 0.385. The van der Waals surface area contributed by atoms with Gasteiger partial charge in [-0.15, -0.1) is 0 Å². The number of benzene rings is 2. The van der Waals surface area contributed by atoms with Crippen LogP contribution >= 0.6 is 0 Å². The molecule has 0 aliphatic carbocycles. The van der Waals surface area contributed by atoms with Gasteiger partial charge in [-0.25, -0.2) is 9.97 Å². The van der Waals surface area contributed by atoms with E-state index in [1.165, 1.54) is 6.92 Å². The highest BCUT2D eigenvalue weighted by Gasteiger charge is 2.39. The van der Waals surface area contributed by atoms with Crippen LogP contribution in [0, 0.1) is 0 Å². The summed E-state index contributed by atoms with van der Waals surface area (Å²) in [4.78, 5) is 8.35. The van der Waals surface area contributed by atoms with Gasteiger partial charge in [-0.3, -0.25) is 0 Å². The monoisotopic (exact) mass is 524 g/mol. The van der Waals surface area contributed by atoms with Crippen LogP contribution in [0.3, 0.4) is 0 Å². The first-order valence-electron chi connectivity index (χ1n) is 11.7. The van der Waals surface area contributed by atoms with Gasteiger partial charge in [-0.05, 0) is 55.2 Å². The van der Waals surface area contributed by atoms with Crippen LogP contribution in [-0.4, -0.2) is 29.2 Å². The highest BCUT2D eigenvalue weighted by Crippen LogP contribution is 2.39. The lowest BCUT2D eigenvalue weighted by Crippen LogP contribution is -2.55. The van der Waals surface area contributed by atoms with Gasteiger partial charge in [0, 0.05) is 25.0 Å². The van der Waals surface area contributed by atoms with E-state index in [-0.39, 0.29) is 24.3 Å². The first-order valence-corrected chi connectivity index (χ1v) is 11.7. The summed E-state index contributed by atoms with van der Waals surface area (Å²) >= 11 is 0. The normalized spacial score (nSPS) is 21.4. The Hall–Kier alpha value is -3.18. The van der Waals surface area contributed by atoms with Gasteiger partial charge in [0.15, 0.2) is 0 Å². The fourth-order valence-corrected chi connectivity index (χ4v) is 4.40. The third kappa shape index (κ3) is 6.58. The molecule has 2 N–H and O–H groups in total. The van der Waals surface area contributed by atoms with Crippen molar-refractivity contribution < 1.29 is 31.1 Å². The number of ether oxygens (including phenoxy) is 1. The number of piperidine rings is 1. The van der Waals surface area contributed by atoms with Crippen molar-refractivity contribution in [2.24, 2.45) is 0 Å². The quantitative estimate of drug-likeness (QED) is 0.353. The molecule has 0 radical (unpaired) electrons. The second-order valence-electron chi connectivity index (χ2n) is 9.07. The van der Waals surface area contributed by atoms with Crippen LogP contribution in [0.5, 0.6) is 0 Å². The number of halogens is 6. The van der Waals surface area contributed by atoms with Crippen LogP contribution in [0.25, 0.3) is 0 Å². The van der Waals surface area contributed by atoms with E-state index in [9.17, 15) is 26.3 Å². The van der Waals surface area contributed by atoms with Crippen molar-refractivity contribution in [3.63, 3.8) is 0 Å². The standard InChI is InChI=1S/C26H26F6N4O/c1-17(18-12-20(25(27,28)29)14-21(13-18)26(30,31)32)37-16-24(19-6-3-2-4-7-19)9-8-22(15-35-24)36-23-33-10-5-11-34-23/h2-7,10-14,17,22,35H,8-9,15-16H2,1H3,(H,33,34,36)/t17-,22+,24-/m1/s1. The summed E-state index contributed by atoms with van der Waals surface area (Å²) in [5, 5.41) is 6.76. The Kier molecular flexibility index (Phi) is 7.75. The van der Waals surface area contributed by atoms with Crippen LogP contribution in [0.2, 0.25) is 0 Å². The number of nitrogens with zero attached hydrogens (tertiary/aromatic N) is 2. The zero-order valence-corrected chi connectivity index (χ0v) is 19.9. The molecule has 198 valence electrons. The van der Waals surface area contributed by atoms with Gasteiger partial charge in [0.2, 0.25) is 5.95 Å². The predicted molar refractivity (Wildman–Crippen MR) is 126 cm³/mol. The molecule has 0 bridgehead atoms. The van der Waals surface area contributed by atoms with E-state index in [0.717, 1.165) is 5.56 Å². The number of nitrogens with one attached hydrogen (secondary N) is 2. The van der Waals surface area contributed by atoms with Crippen molar-refractivity contribution in [1.29, 1.82) is 0 Å². The summed E-state index contributed by atoms with van der Waals surface area (Å²) < 4.78 is 85.9. The second-order valence-corrected chi connectivity index (χ2v) is 9.07. The van der Waals surface area contributed by atoms with Gasteiger partial charge in [-0.2, -0.15) is 26.3 Å². The number of anilines is 1. The highest BCUT2D eigenvalue weighted by molar-refractivity contribution is 5.35. The molecule has 1 aliphatic rings. The van der Waals surface area contributed by atoms with Crippen LogP contribution < -0.4 is 10.6 Å². The maximum absolute atomic E-state index is 13.3. The maximum atomic E-state index is 13.3. The van der Waals surface area contributed by atoms with Crippen LogP contribution in [0.4, 0.5) is 32.3 Å². The molecule has 0 saturated carbocycles. The summed E-state index contributed by atoms with van der Waals surface area (Å²) in [6, 6.07) is 12.7. The summed E-state index contributed by atoms with van der Waals surface area (Å²) in [6.07, 6.45) is -6.28. The molecule has 11 heteroatoms. The van der Waals surface area contributed by atoms with E-state index in [2.05, 4.69) is 20.6 Å². The molecule has 1 fully saturated rings. The molecule has 3 aromatic rings. The van der Waals surface area contributed by atoms with E-state index in [4.69, 9.17) is 4.74 Å². The Labute approximate surface area is 210 Å². The third-order valence-electron chi connectivity index (χ3n) is 6.49. The molecule has 1 aromatic heterocycles. The van der Waals surface area contributed by atoms with E-state index < -0.39 is 35.1 Å². The molecule has 2 heterocycles. The molecule has 4 rings (SSSR count). The lowest BCUT2D eigenvalue weighted by Gasteiger charge is -2.42. The SMILES string of the molecule is C[C@@H](OC[C@@]1(c2ccccc2)CC[C@H](Nc2ncccn2)CN1)c1cc(C(F)(F)F)cc(C(F)(F)F)c1. The Balaban J connectivity index is 1.53. The molecule has 0 unspecified atom stereocenters. The van der Waals surface area contributed by atoms with Gasteiger partial charge >= 0.3 is 12.4 Å². The molecule has 0 spiro atoms. The first kappa shape index (κ1) is 26.9. The van der Waals surface area contributed by atoms with E-state index >= 15 is 0 Å². The van der Waals surface area contributed by atoms with Gasteiger partial charge in [0.25, 0.3) is 0 Å². The molecule has 5 nitrogen and oxygen atoms in total. The van der Waals surface area contributed by atoms with Gasteiger partial charge < -0.3 is 15.4 Å². The molecular weight excluding hydrogens is 498 g/mol. The number of rotatable bonds is 7. The van der Waals surface area contributed by atoms with Crippen molar-refractivity contribution in [2.45, 2.75) is 49.8 Å². The Bertz CT molecular complexity index is 1130. The minimum atomic E-state index is -4.92. The van der Waals surface area contributed by atoms with Crippen molar-refractivity contribution in [3.05, 3.63) is 89.2 Å². The largest absolute Gasteiger partial charge is 0.416 e. The van der Waals surface area contributed by atoms with Crippen molar-refractivity contribution >= 4 is 5.95 Å². The predicted octanol–water partition coefficient (Wildman–Crippen LogP) is 6.35. The Morgan fingerprint density at radius 2 is 1.59 bits per heavy atom. The Morgan fingerprint density at radius 3 is 2.14 bits per heavy atom. The van der Waals surface area contributed by atoms with Gasteiger partial charge in [-0.1, -0.05) is 30.3 Å². The smallest absolute Gasteiger partial charge is 0.372 e. The van der Waals surface area contributed by atoms with Crippen LogP contribution in [0.1, 0.15) is 48.1 Å². The van der Waals surface area contributed by atoms with Crippen molar-refractivity contribution in [2.75, 3.05) is 18.5 Å². The molecule has 0 amide bonds. The second kappa shape index (κ2) is 10.7. The molecule has 1 aliphatic heterocycles. The fourth-order valence-electron chi connectivity index (χ4n) is 4.40. The lowest BCUT2D eigenvalue weighted by molar-refractivity contribution is -0.143. The van der Waals surface area contributed by atoms with E-state index in [1.807, 2.05) is 30.3 Å². The lowest BCUT2D eigenvalue weighted by atomic mass is 9.81. The van der Waals surface area contributed by atoms with Gasteiger partial charge in [0.05, 0.1) is 29.4 Å². The highest BCUT2D eigenvalue weighted by atomic mass is 19.4. The topological polar surface area (TPSA) is 59.1 Å². The zero-order valence-electron chi connectivity index (χ0n) is 19.9. The van der Waals surface area contributed by atoms with Crippen LogP contribution in [-0.2, 0) is 22.6 Å². The van der Waals surface area contributed by atoms with Crippen LogP contribution in [0.15, 0.2) is 67.0 Å². The maximum Gasteiger partial charge on any atom is 0.416 e. The summed E-state index contributed by atoms with van der Waals surface area (Å²) in [7, 11) is 0. The average Bonchev–Trinajstić information content (AvgIpc) is 2.88. The minimum absolute atomic E-state index is 0.0227. The summed E-state index contributed by atoms with van der Waals surface area (Å²) in [5.74, 6) is 0.497. The minimum Gasteiger partial charge on any atom is -0.372 e. The Morgan fingerprint density at radius 1 is 0.973 bits per heavy atom. The molecule has 1 saturated heterocycles. The zero-order chi connectivity index (χ0) is 26.7. The van der Waals surface area contributed by atoms with Gasteiger partial charge in [0.1, 0.15) is 0 Å². The first-order chi connectivity index (χ1) is 17.5. The third-order valence-corrected chi connectivity index (χ3v) is 6.49. The molecule has 37 heavy (non-hydrogen) atoms. The number of hydrogen-bond donors (Lipinski definition) is 2. The molecular formula is C26H26F6N4O. The summed E-state index contributed by atoms with van der Waals surface area (Å²) in [6.45, 7) is 2.02.